The van der Waals surface area contributed by atoms with Gasteiger partial charge >= 0.3 is 5.69 Å². The fraction of sp³-hybridized carbons (Fsp3) is 0.578. The lowest BCUT2D eigenvalue weighted by Gasteiger charge is -2.48. The van der Waals surface area contributed by atoms with Crippen LogP contribution in [0.4, 0.5) is 20.3 Å². The van der Waals surface area contributed by atoms with E-state index in [-0.39, 0.29) is 59.8 Å². The molecule has 2 unspecified atom stereocenters. The Morgan fingerprint density at radius 2 is 1.82 bits per heavy atom. The summed E-state index contributed by atoms with van der Waals surface area (Å²) in [6.07, 6.45) is 8.03. The fourth-order valence-corrected chi connectivity index (χ4v) is 11.6. The summed E-state index contributed by atoms with van der Waals surface area (Å²) in [5, 5.41) is 25.3. The average molecular weight is 897 g/mol. The van der Waals surface area contributed by atoms with E-state index < -0.39 is 35.6 Å². The number of piperidine rings is 1. The monoisotopic (exact) mass is 896 g/mol. The maximum absolute atomic E-state index is 14.3. The number of anilines is 2. The van der Waals surface area contributed by atoms with Crippen LogP contribution in [0.3, 0.4) is 0 Å². The number of aromatic nitrogens is 7. The minimum atomic E-state index is -2.87. The Morgan fingerprint density at radius 3 is 2.54 bits per heavy atom. The number of piperazine rings is 1. The summed E-state index contributed by atoms with van der Waals surface area (Å²) in [6, 6.07) is 7.05. The van der Waals surface area contributed by atoms with Gasteiger partial charge in [-0.15, -0.1) is 0 Å². The van der Waals surface area contributed by atoms with Gasteiger partial charge in [0.2, 0.25) is 11.8 Å². The highest BCUT2D eigenvalue weighted by molar-refractivity contribution is 6.08. The highest BCUT2D eigenvalue weighted by Gasteiger charge is 2.46. The van der Waals surface area contributed by atoms with Crippen molar-refractivity contribution in [2.24, 2.45) is 13.0 Å². The number of imide groups is 1. The fourth-order valence-electron chi connectivity index (χ4n) is 11.6. The quantitative estimate of drug-likeness (QED) is 0.164. The molecule has 4 aromatic heterocycles. The number of carbonyl (C=O) groups is 3. The first-order valence-electron chi connectivity index (χ1n) is 23.0. The molecule has 2 aliphatic carbocycles. The van der Waals surface area contributed by atoms with Gasteiger partial charge in [0, 0.05) is 71.7 Å². The maximum atomic E-state index is 14.3. The van der Waals surface area contributed by atoms with Crippen LogP contribution in [0.5, 0.6) is 0 Å². The van der Waals surface area contributed by atoms with Gasteiger partial charge in [0.15, 0.2) is 11.3 Å². The van der Waals surface area contributed by atoms with E-state index in [1.807, 2.05) is 24.3 Å². The SMILES string of the molecule is Cn1c(=O)n(C2CCC(=O)NC2=O)c2cccc(C3CC(O)(CN4CCN(CC5CCC(n6cc(NC(=O)c7cnn8ccc(N9C[C@H]%10CC9CO%10)nc78)c(C(F)F)n6)CC5)CC4)C3)c21. The highest BCUT2D eigenvalue weighted by Crippen LogP contribution is 2.47. The molecule has 0 radical (unpaired) electrons. The molecule has 20 heteroatoms. The van der Waals surface area contributed by atoms with Gasteiger partial charge in [-0.1, -0.05) is 12.1 Å². The lowest BCUT2D eigenvalue weighted by atomic mass is 9.67. The van der Waals surface area contributed by atoms with Crippen molar-refractivity contribution in [3.8, 4) is 0 Å². The zero-order valence-corrected chi connectivity index (χ0v) is 36.3. The third-order valence-corrected chi connectivity index (χ3v) is 15.0. The van der Waals surface area contributed by atoms with Gasteiger partial charge in [0.25, 0.3) is 12.3 Å². The molecule has 3 amide bonds. The van der Waals surface area contributed by atoms with E-state index in [0.29, 0.717) is 43.1 Å². The molecule has 4 saturated heterocycles. The molecular formula is C45H54F2N12O6. The third kappa shape index (κ3) is 7.70. The number of rotatable bonds is 11. The Kier molecular flexibility index (Phi) is 10.6. The zero-order chi connectivity index (χ0) is 44.7. The average Bonchev–Trinajstić information content (AvgIpc) is 4.14. The number of nitrogens with one attached hydrogen (secondary N) is 2. The number of carbonyl (C=O) groups excluding carboxylic acids is 3. The number of β-amino-alcohol motifs (C(OH)–C–C–N with tert-alkyl or cyclic N) is 1. The van der Waals surface area contributed by atoms with Crippen molar-refractivity contribution in [2.45, 2.75) is 100.0 Å². The van der Waals surface area contributed by atoms with E-state index in [1.165, 1.54) is 21.5 Å². The number of alkyl halides is 2. The molecule has 11 rings (SSSR count). The summed E-state index contributed by atoms with van der Waals surface area (Å²) < 4.78 is 40.6. The van der Waals surface area contributed by atoms with Gasteiger partial charge in [-0.25, -0.2) is 23.1 Å². The van der Waals surface area contributed by atoms with Gasteiger partial charge in [-0.3, -0.25) is 38.4 Å². The predicted molar refractivity (Wildman–Crippen MR) is 233 cm³/mol. The molecule has 2 bridgehead atoms. The molecule has 65 heavy (non-hydrogen) atoms. The van der Waals surface area contributed by atoms with Crippen molar-refractivity contribution in [1.82, 2.24) is 48.6 Å². The van der Waals surface area contributed by atoms with Crippen molar-refractivity contribution < 1.29 is 33.0 Å². The smallest absolute Gasteiger partial charge is 0.329 e. The largest absolute Gasteiger partial charge is 0.389 e. The second-order valence-electron chi connectivity index (χ2n) is 19.2. The van der Waals surface area contributed by atoms with Crippen LogP contribution in [0.25, 0.3) is 16.7 Å². The predicted octanol–water partition coefficient (Wildman–Crippen LogP) is 3.38. The van der Waals surface area contributed by atoms with Gasteiger partial charge in [-0.05, 0) is 80.9 Å². The first-order chi connectivity index (χ1) is 31.4. The number of amides is 3. The summed E-state index contributed by atoms with van der Waals surface area (Å²) in [5.74, 6) is -0.0949. The van der Waals surface area contributed by atoms with E-state index in [9.17, 15) is 33.1 Å². The highest BCUT2D eigenvalue weighted by atomic mass is 19.3. The summed E-state index contributed by atoms with van der Waals surface area (Å²) in [4.78, 5) is 63.3. The molecule has 6 fully saturated rings. The Hall–Kier alpha value is -5.57. The molecule has 3 atom stereocenters. The van der Waals surface area contributed by atoms with Crippen LogP contribution in [0, 0.1) is 5.92 Å². The van der Waals surface area contributed by atoms with Crippen LogP contribution in [0.15, 0.2) is 47.7 Å². The van der Waals surface area contributed by atoms with Crippen molar-refractivity contribution in [1.29, 1.82) is 0 Å². The second-order valence-corrected chi connectivity index (χ2v) is 19.2. The van der Waals surface area contributed by atoms with Gasteiger partial charge in [0.05, 0.1) is 53.3 Å². The van der Waals surface area contributed by atoms with Crippen LogP contribution >= 0.6 is 0 Å². The van der Waals surface area contributed by atoms with E-state index in [4.69, 9.17) is 9.72 Å². The number of halogens is 2. The lowest BCUT2D eigenvalue weighted by molar-refractivity contribution is -0.135. The molecule has 3 N–H and O–H groups in total. The van der Waals surface area contributed by atoms with Crippen LogP contribution < -0.4 is 21.2 Å². The van der Waals surface area contributed by atoms with Crippen LogP contribution in [-0.2, 0) is 21.4 Å². The third-order valence-electron chi connectivity index (χ3n) is 15.0. The Labute approximate surface area is 372 Å². The molecule has 5 aromatic rings. The first kappa shape index (κ1) is 42.1. The van der Waals surface area contributed by atoms with Crippen molar-refractivity contribution >= 4 is 45.9 Å². The van der Waals surface area contributed by atoms with E-state index in [2.05, 4.69) is 35.5 Å². The zero-order valence-electron chi connectivity index (χ0n) is 36.3. The number of imidazole rings is 1. The van der Waals surface area contributed by atoms with Gasteiger partial charge < -0.3 is 25.0 Å². The molecule has 8 heterocycles. The van der Waals surface area contributed by atoms with Crippen molar-refractivity contribution in [3.05, 3.63) is 70.2 Å². The number of morpholine rings is 1. The summed E-state index contributed by atoms with van der Waals surface area (Å²) in [6.45, 7) is 6.39. The lowest BCUT2D eigenvalue weighted by Crippen LogP contribution is -2.56. The molecule has 18 nitrogen and oxygen atoms in total. The number of hydrogen-bond donors (Lipinski definition) is 3. The summed E-state index contributed by atoms with van der Waals surface area (Å²) in [5.41, 5.74) is 1.35. The number of aliphatic hydroxyl groups is 1. The minimum Gasteiger partial charge on any atom is -0.389 e. The number of para-hydroxylation sites is 1. The number of benzene rings is 1. The number of nitrogens with zero attached hydrogens (tertiary/aromatic N) is 10. The molecule has 0 spiro atoms. The molecule has 4 aliphatic heterocycles. The minimum absolute atomic E-state index is 0.0115. The first-order valence-corrected chi connectivity index (χ1v) is 23.0. The molecule has 344 valence electrons. The number of hydrogen-bond acceptors (Lipinski definition) is 12. The Bertz CT molecular complexity index is 2720. The standard InChI is InChI=1S/C45H54F2N12O6/c1-53-39-31(3-2-4-34(39)59(44(53)63)35-9-10-37(60)51-43(35)62)27-18-45(64,19-27)25-55-15-13-54(14-16-55)21-26-5-7-28(8-6-26)58-23-33(38(52-58)40(46)47)49-42(61)32-20-48-57-12-11-36(50-41(32)57)56-22-30-17-29(56)24-65-30/h2-4,11-12,20,23,26-30,35,40,64H,5-10,13-19,21-22,24-25H2,1H3,(H,49,61)(H,51,60,62)/t26?,27?,28?,29?,30-,35?,45?/m1/s1. The van der Waals surface area contributed by atoms with Crippen LogP contribution in [0.1, 0.15) is 104 Å². The Morgan fingerprint density at radius 1 is 1.03 bits per heavy atom. The number of aryl methyl sites for hydroxylation is 1. The summed E-state index contributed by atoms with van der Waals surface area (Å²) in [7, 11) is 1.71. The van der Waals surface area contributed by atoms with E-state index in [1.54, 1.807) is 22.5 Å². The van der Waals surface area contributed by atoms with Gasteiger partial charge in [-0.2, -0.15) is 10.2 Å². The second kappa shape index (κ2) is 16.4. The molecule has 6 aliphatic rings. The Balaban J connectivity index is 0.661. The van der Waals surface area contributed by atoms with E-state index >= 15 is 0 Å². The maximum Gasteiger partial charge on any atom is 0.329 e. The van der Waals surface area contributed by atoms with Crippen LogP contribution in [-0.4, -0.2) is 136 Å². The van der Waals surface area contributed by atoms with Crippen LogP contribution in [0.2, 0.25) is 0 Å². The number of ether oxygens (including phenoxy) is 1. The van der Waals surface area contributed by atoms with E-state index in [0.717, 1.165) is 88.3 Å². The summed E-state index contributed by atoms with van der Waals surface area (Å²) >= 11 is 0. The molecule has 1 aromatic carbocycles. The number of fused-ring (bicyclic) bond motifs is 4. The van der Waals surface area contributed by atoms with Gasteiger partial charge in [0.1, 0.15) is 17.4 Å². The normalized spacial score (nSPS) is 28.7. The molecule has 2 saturated carbocycles. The molecular weight excluding hydrogens is 843 g/mol. The van der Waals surface area contributed by atoms with Crippen molar-refractivity contribution in [3.63, 3.8) is 0 Å². The topological polar surface area (TPSA) is 189 Å². The van der Waals surface area contributed by atoms with Crippen molar-refractivity contribution in [2.75, 3.05) is 62.6 Å².